The molecule has 0 saturated carbocycles. The van der Waals surface area contributed by atoms with E-state index < -0.39 is 0 Å². The molecule has 1 fully saturated rings. The molecule has 1 aromatic rings. The smallest absolute Gasteiger partial charge is 0.241 e. The topological polar surface area (TPSA) is 70.2 Å². The summed E-state index contributed by atoms with van der Waals surface area (Å²) in [5, 5.41) is 8.61. The molecule has 5 heteroatoms. The zero-order valence-electron chi connectivity index (χ0n) is 11.0. The fourth-order valence-electron chi connectivity index (χ4n) is 2.12. The molecule has 1 aliphatic heterocycles. The van der Waals surface area contributed by atoms with Crippen molar-refractivity contribution in [3.05, 3.63) is 29.8 Å². The van der Waals surface area contributed by atoms with Crippen LogP contribution >= 0.6 is 0 Å². The molecule has 102 valence electrons. The summed E-state index contributed by atoms with van der Waals surface area (Å²) in [6.07, 6.45) is 2.29. The number of rotatable bonds is 4. The Balaban J connectivity index is 1.91. The van der Waals surface area contributed by atoms with E-state index in [0.29, 0.717) is 6.42 Å². The van der Waals surface area contributed by atoms with Gasteiger partial charge in [-0.15, -0.1) is 0 Å². The van der Waals surface area contributed by atoms with E-state index in [1.165, 1.54) is 0 Å². The van der Waals surface area contributed by atoms with Crippen molar-refractivity contribution in [3.8, 4) is 0 Å². The Labute approximate surface area is 112 Å². The van der Waals surface area contributed by atoms with Crippen LogP contribution in [0.2, 0.25) is 0 Å². The Morgan fingerprint density at radius 2 is 2.05 bits per heavy atom. The predicted molar refractivity (Wildman–Crippen MR) is 73.9 cm³/mol. The number of amides is 2. The normalized spacial score (nSPS) is 18.1. The Kier molecular flexibility index (Phi) is 4.52. The Morgan fingerprint density at radius 3 is 2.63 bits per heavy atom. The summed E-state index contributed by atoms with van der Waals surface area (Å²) in [4.78, 5) is 23.1. The van der Waals surface area contributed by atoms with Crippen molar-refractivity contribution in [1.29, 1.82) is 0 Å². The van der Waals surface area contributed by atoms with Gasteiger partial charge in [0.1, 0.15) is 0 Å². The van der Waals surface area contributed by atoms with Gasteiger partial charge in [0, 0.05) is 12.7 Å². The van der Waals surface area contributed by atoms with Crippen molar-refractivity contribution >= 4 is 17.5 Å². The third-order valence-corrected chi connectivity index (χ3v) is 3.24. The van der Waals surface area contributed by atoms with E-state index in [4.69, 9.17) is 0 Å². The first-order valence-corrected chi connectivity index (χ1v) is 6.53. The lowest BCUT2D eigenvalue weighted by Gasteiger charge is -2.11. The van der Waals surface area contributed by atoms with Crippen molar-refractivity contribution in [1.82, 2.24) is 10.6 Å². The summed E-state index contributed by atoms with van der Waals surface area (Å²) < 4.78 is 0. The molecule has 0 aliphatic carbocycles. The highest BCUT2D eigenvalue weighted by Gasteiger charge is 2.21. The van der Waals surface area contributed by atoms with Crippen molar-refractivity contribution in [3.63, 3.8) is 0 Å². The molecule has 0 radical (unpaired) electrons. The molecule has 0 bridgehead atoms. The van der Waals surface area contributed by atoms with Gasteiger partial charge in [-0.05, 0) is 37.1 Å². The van der Waals surface area contributed by atoms with Crippen LogP contribution < -0.4 is 16.0 Å². The number of likely N-dealkylation sites (N-methyl/N-ethyl adjacent to an activating group) is 1. The predicted octanol–water partition coefficient (Wildman–Crippen LogP) is 0.666. The summed E-state index contributed by atoms with van der Waals surface area (Å²) in [6, 6.07) is 7.28. The molecule has 0 spiro atoms. The highest BCUT2D eigenvalue weighted by Crippen LogP contribution is 2.12. The van der Waals surface area contributed by atoms with Crippen LogP contribution in [0.5, 0.6) is 0 Å². The molecular weight excluding hydrogens is 242 g/mol. The SMILES string of the molecule is CNC(=O)Cc1ccc(NC(=O)C2CCCN2)cc1. The molecule has 1 aromatic carbocycles. The summed E-state index contributed by atoms with van der Waals surface area (Å²) >= 11 is 0. The van der Waals surface area contributed by atoms with E-state index in [9.17, 15) is 9.59 Å². The van der Waals surface area contributed by atoms with E-state index in [-0.39, 0.29) is 17.9 Å². The van der Waals surface area contributed by atoms with Crippen LogP contribution in [0, 0.1) is 0 Å². The maximum atomic E-state index is 11.9. The van der Waals surface area contributed by atoms with Gasteiger partial charge in [0.2, 0.25) is 11.8 Å². The van der Waals surface area contributed by atoms with E-state index >= 15 is 0 Å². The van der Waals surface area contributed by atoms with Gasteiger partial charge in [0.25, 0.3) is 0 Å². The zero-order valence-corrected chi connectivity index (χ0v) is 11.0. The largest absolute Gasteiger partial charge is 0.359 e. The summed E-state index contributed by atoms with van der Waals surface area (Å²) in [7, 11) is 1.62. The molecule has 2 rings (SSSR count). The number of carbonyl (C=O) groups excluding carboxylic acids is 2. The van der Waals surface area contributed by atoms with Crippen LogP contribution in [-0.2, 0) is 16.0 Å². The van der Waals surface area contributed by atoms with Crippen LogP contribution in [0.25, 0.3) is 0 Å². The highest BCUT2D eigenvalue weighted by atomic mass is 16.2. The summed E-state index contributed by atoms with van der Waals surface area (Å²) in [5.41, 5.74) is 1.69. The molecule has 1 atom stereocenters. The molecule has 1 saturated heterocycles. The number of benzene rings is 1. The van der Waals surface area contributed by atoms with Gasteiger partial charge in [-0.3, -0.25) is 9.59 Å². The van der Waals surface area contributed by atoms with Gasteiger partial charge in [-0.2, -0.15) is 0 Å². The van der Waals surface area contributed by atoms with Gasteiger partial charge in [0.15, 0.2) is 0 Å². The Hall–Kier alpha value is -1.88. The van der Waals surface area contributed by atoms with Crippen LogP contribution in [-0.4, -0.2) is 31.4 Å². The van der Waals surface area contributed by atoms with Crippen molar-refractivity contribution in [2.24, 2.45) is 0 Å². The van der Waals surface area contributed by atoms with Gasteiger partial charge >= 0.3 is 0 Å². The van der Waals surface area contributed by atoms with Crippen LogP contribution in [0.4, 0.5) is 5.69 Å². The highest BCUT2D eigenvalue weighted by molar-refractivity contribution is 5.95. The quantitative estimate of drug-likeness (QED) is 0.746. The van der Waals surface area contributed by atoms with Crippen molar-refractivity contribution < 1.29 is 9.59 Å². The summed E-state index contributed by atoms with van der Waals surface area (Å²) in [6.45, 7) is 0.906. The molecule has 1 aliphatic rings. The minimum Gasteiger partial charge on any atom is -0.359 e. The van der Waals surface area contributed by atoms with E-state index in [1.807, 2.05) is 24.3 Å². The number of hydrogen-bond donors (Lipinski definition) is 3. The first-order chi connectivity index (χ1) is 9.19. The maximum absolute atomic E-state index is 11.9. The third kappa shape index (κ3) is 3.79. The van der Waals surface area contributed by atoms with Gasteiger partial charge < -0.3 is 16.0 Å². The Morgan fingerprint density at radius 1 is 1.32 bits per heavy atom. The van der Waals surface area contributed by atoms with E-state index in [0.717, 1.165) is 30.6 Å². The second-order valence-corrected chi connectivity index (χ2v) is 4.69. The lowest BCUT2D eigenvalue weighted by molar-refractivity contribution is -0.120. The van der Waals surface area contributed by atoms with Crippen molar-refractivity contribution in [2.75, 3.05) is 18.9 Å². The average molecular weight is 261 g/mol. The molecule has 19 heavy (non-hydrogen) atoms. The Bertz CT molecular complexity index is 450. The molecule has 2 amide bonds. The zero-order chi connectivity index (χ0) is 13.7. The lowest BCUT2D eigenvalue weighted by Crippen LogP contribution is -2.35. The second-order valence-electron chi connectivity index (χ2n) is 4.69. The minimum absolute atomic E-state index is 0.0107. The second kappa shape index (κ2) is 6.33. The molecular formula is C14H19N3O2. The molecule has 1 heterocycles. The van der Waals surface area contributed by atoms with Crippen molar-refractivity contribution in [2.45, 2.75) is 25.3 Å². The fraction of sp³-hybridized carbons (Fsp3) is 0.429. The van der Waals surface area contributed by atoms with Gasteiger partial charge in [-0.1, -0.05) is 12.1 Å². The monoisotopic (exact) mass is 261 g/mol. The minimum atomic E-state index is -0.0782. The fourth-order valence-corrected chi connectivity index (χ4v) is 2.12. The number of anilines is 1. The molecule has 3 N–H and O–H groups in total. The van der Waals surface area contributed by atoms with E-state index in [2.05, 4.69) is 16.0 Å². The lowest BCUT2D eigenvalue weighted by atomic mass is 10.1. The maximum Gasteiger partial charge on any atom is 0.241 e. The van der Waals surface area contributed by atoms with Gasteiger partial charge in [0.05, 0.1) is 12.5 Å². The molecule has 0 aromatic heterocycles. The van der Waals surface area contributed by atoms with Crippen LogP contribution in [0.15, 0.2) is 24.3 Å². The standard InChI is InChI=1S/C14H19N3O2/c1-15-13(18)9-10-4-6-11(7-5-10)17-14(19)12-3-2-8-16-12/h4-7,12,16H,2-3,8-9H2,1H3,(H,15,18)(H,17,19). The average Bonchev–Trinajstić information content (AvgIpc) is 2.95. The third-order valence-electron chi connectivity index (χ3n) is 3.24. The van der Waals surface area contributed by atoms with Crippen LogP contribution in [0.1, 0.15) is 18.4 Å². The molecule has 5 nitrogen and oxygen atoms in total. The van der Waals surface area contributed by atoms with E-state index in [1.54, 1.807) is 7.05 Å². The number of carbonyl (C=O) groups is 2. The number of nitrogens with one attached hydrogen (secondary N) is 3. The summed E-state index contributed by atoms with van der Waals surface area (Å²) in [5.74, 6) is -0.0107. The van der Waals surface area contributed by atoms with Crippen LogP contribution in [0.3, 0.4) is 0 Å². The molecule has 1 unspecified atom stereocenters. The van der Waals surface area contributed by atoms with Gasteiger partial charge in [-0.25, -0.2) is 0 Å². The number of hydrogen-bond acceptors (Lipinski definition) is 3. The first kappa shape index (κ1) is 13.5. The first-order valence-electron chi connectivity index (χ1n) is 6.53.